The Balaban J connectivity index is 1.49. The Morgan fingerprint density at radius 3 is 2.69 bits per heavy atom. The standard InChI is InChI=1S/C21H22ClNO3/c1-25-19-7-2-14(3-8-19)12-23(18-5-6-18)21(24)16-10-15-11-17(22)4-9-20(15)26-13-16/h2-4,7-9,11,16,18H,5-6,10,12-13H2,1H3/t16-/m0/s1. The number of rotatable bonds is 5. The second-order valence-electron chi connectivity index (χ2n) is 7.01. The van der Waals surface area contributed by atoms with E-state index in [1.807, 2.05) is 47.4 Å². The molecule has 0 saturated heterocycles. The van der Waals surface area contributed by atoms with Crippen LogP contribution in [-0.2, 0) is 17.8 Å². The average molecular weight is 372 g/mol. The minimum absolute atomic E-state index is 0.153. The number of hydrogen-bond acceptors (Lipinski definition) is 3. The molecule has 0 radical (unpaired) electrons. The smallest absolute Gasteiger partial charge is 0.230 e. The summed E-state index contributed by atoms with van der Waals surface area (Å²) in [6.07, 6.45) is 2.84. The number of ether oxygens (including phenoxy) is 2. The van der Waals surface area contributed by atoms with Gasteiger partial charge in [-0.25, -0.2) is 0 Å². The van der Waals surface area contributed by atoms with Crippen LogP contribution in [-0.4, -0.2) is 30.6 Å². The predicted octanol–water partition coefficient (Wildman–Crippen LogP) is 4.09. The van der Waals surface area contributed by atoms with Crippen molar-refractivity contribution in [3.63, 3.8) is 0 Å². The van der Waals surface area contributed by atoms with Gasteiger partial charge in [-0.3, -0.25) is 4.79 Å². The molecule has 2 aromatic carbocycles. The number of benzene rings is 2. The van der Waals surface area contributed by atoms with Crippen LogP contribution >= 0.6 is 11.6 Å². The zero-order valence-corrected chi connectivity index (χ0v) is 15.5. The van der Waals surface area contributed by atoms with Crippen LogP contribution in [0.25, 0.3) is 0 Å². The molecule has 0 unspecified atom stereocenters. The molecule has 1 aliphatic carbocycles. The number of carbonyl (C=O) groups is 1. The number of amides is 1. The van der Waals surface area contributed by atoms with Gasteiger partial charge in [0.25, 0.3) is 0 Å². The third-order valence-corrected chi connectivity index (χ3v) is 5.30. The highest BCUT2D eigenvalue weighted by molar-refractivity contribution is 6.30. The Hall–Kier alpha value is -2.20. The fraction of sp³-hybridized carbons (Fsp3) is 0.381. The van der Waals surface area contributed by atoms with Gasteiger partial charge in [0.05, 0.1) is 13.0 Å². The van der Waals surface area contributed by atoms with E-state index >= 15 is 0 Å². The summed E-state index contributed by atoms with van der Waals surface area (Å²) in [5.74, 6) is 1.69. The van der Waals surface area contributed by atoms with Crippen molar-refractivity contribution in [3.05, 3.63) is 58.6 Å². The van der Waals surface area contributed by atoms with Gasteiger partial charge in [-0.2, -0.15) is 0 Å². The molecule has 0 aromatic heterocycles. The second kappa shape index (κ2) is 7.20. The first-order chi connectivity index (χ1) is 12.6. The lowest BCUT2D eigenvalue weighted by atomic mass is 9.95. The van der Waals surface area contributed by atoms with Crippen molar-refractivity contribution in [2.75, 3.05) is 13.7 Å². The Kier molecular flexibility index (Phi) is 4.77. The Labute approximate surface area is 158 Å². The lowest BCUT2D eigenvalue weighted by molar-refractivity contribution is -0.138. The van der Waals surface area contributed by atoms with Crippen molar-refractivity contribution in [2.24, 2.45) is 5.92 Å². The van der Waals surface area contributed by atoms with Gasteiger partial charge in [-0.05, 0) is 60.7 Å². The van der Waals surface area contributed by atoms with Crippen LogP contribution in [0.15, 0.2) is 42.5 Å². The molecule has 1 heterocycles. The van der Waals surface area contributed by atoms with Crippen molar-refractivity contribution < 1.29 is 14.3 Å². The van der Waals surface area contributed by atoms with Crippen molar-refractivity contribution >= 4 is 17.5 Å². The largest absolute Gasteiger partial charge is 0.497 e. The maximum atomic E-state index is 13.2. The monoisotopic (exact) mass is 371 g/mol. The summed E-state index contributed by atoms with van der Waals surface area (Å²) in [5.41, 5.74) is 2.13. The van der Waals surface area contributed by atoms with Gasteiger partial charge in [-0.15, -0.1) is 0 Å². The van der Waals surface area contributed by atoms with E-state index in [9.17, 15) is 4.79 Å². The molecule has 1 saturated carbocycles. The lowest BCUT2D eigenvalue weighted by Gasteiger charge is -2.30. The molecule has 26 heavy (non-hydrogen) atoms. The second-order valence-corrected chi connectivity index (χ2v) is 7.45. The number of carbonyl (C=O) groups excluding carboxylic acids is 1. The number of hydrogen-bond donors (Lipinski definition) is 0. The van der Waals surface area contributed by atoms with Crippen molar-refractivity contribution in [1.29, 1.82) is 0 Å². The van der Waals surface area contributed by atoms with E-state index in [1.54, 1.807) is 7.11 Å². The molecule has 4 nitrogen and oxygen atoms in total. The zero-order chi connectivity index (χ0) is 18.1. The van der Waals surface area contributed by atoms with Gasteiger partial charge in [0.1, 0.15) is 18.1 Å². The molecule has 1 fully saturated rings. The molecule has 0 spiro atoms. The molecule has 1 aliphatic heterocycles. The molecular weight excluding hydrogens is 350 g/mol. The van der Waals surface area contributed by atoms with Crippen LogP contribution in [0.4, 0.5) is 0 Å². The van der Waals surface area contributed by atoms with Crippen LogP contribution in [0.5, 0.6) is 11.5 Å². The molecule has 2 aliphatic rings. The Bertz CT molecular complexity index is 801. The summed E-state index contributed by atoms with van der Waals surface area (Å²) < 4.78 is 11.0. The van der Waals surface area contributed by atoms with Crippen LogP contribution < -0.4 is 9.47 Å². The first kappa shape index (κ1) is 17.2. The topological polar surface area (TPSA) is 38.8 Å². The van der Waals surface area contributed by atoms with Crippen LogP contribution in [0.2, 0.25) is 5.02 Å². The van der Waals surface area contributed by atoms with Crippen LogP contribution in [0, 0.1) is 5.92 Å². The summed E-state index contributed by atoms with van der Waals surface area (Å²) >= 11 is 6.10. The Morgan fingerprint density at radius 1 is 1.23 bits per heavy atom. The highest BCUT2D eigenvalue weighted by Gasteiger charge is 2.37. The van der Waals surface area contributed by atoms with Gasteiger partial charge in [-0.1, -0.05) is 23.7 Å². The summed E-state index contributed by atoms with van der Waals surface area (Å²) in [6, 6.07) is 13.9. The first-order valence-electron chi connectivity index (χ1n) is 8.98. The molecule has 0 N–H and O–H groups in total. The fourth-order valence-corrected chi connectivity index (χ4v) is 3.65. The normalized spacial score (nSPS) is 18.6. The van der Waals surface area contributed by atoms with E-state index in [1.165, 1.54) is 0 Å². The highest BCUT2D eigenvalue weighted by Crippen LogP contribution is 2.34. The Morgan fingerprint density at radius 2 is 2.00 bits per heavy atom. The van der Waals surface area contributed by atoms with E-state index in [0.717, 1.165) is 35.5 Å². The third kappa shape index (κ3) is 3.65. The summed E-state index contributed by atoms with van der Waals surface area (Å²) in [5, 5.41) is 0.678. The van der Waals surface area contributed by atoms with E-state index in [0.29, 0.717) is 30.6 Å². The van der Waals surface area contributed by atoms with Crippen molar-refractivity contribution in [1.82, 2.24) is 4.90 Å². The number of methoxy groups -OCH3 is 1. The maximum absolute atomic E-state index is 13.2. The van der Waals surface area contributed by atoms with Gasteiger partial charge in [0, 0.05) is 17.6 Å². The van der Waals surface area contributed by atoms with Gasteiger partial charge >= 0.3 is 0 Å². The van der Waals surface area contributed by atoms with E-state index < -0.39 is 0 Å². The van der Waals surface area contributed by atoms with E-state index in [-0.39, 0.29) is 11.8 Å². The van der Waals surface area contributed by atoms with E-state index in [4.69, 9.17) is 21.1 Å². The molecule has 0 bridgehead atoms. The average Bonchev–Trinajstić information content (AvgIpc) is 3.50. The number of halogens is 1. The molecule has 136 valence electrons. The number of nitrogens with zero attached hydrogens (tertiary/aromatic N) is 1. The minimum atomic E-state index is -0.153. The molecule has 1 amide bonds. The minimum Gasteiger partial charge on any atom is -0.497 e. The van der Waals surface area contributed by atoms with Gasteiger partial charge in [0.2, 0.25) is 5.91 Å². The van der Waals surface area contributed by atoms with Crippen LogP contribution in [0.1, 0.15) is 24.0 Å². The number of fused-ring (bicyclic) bond motifs is 1. The van der Waals surface area contributed by atoms with Crippen molar-refractivity contribution in [3.8, 4) is 11.5 Å². The predicted molar refractivity (Wildman–Crippen MR) is 101 cm³/mol. The first-order valence-corrected chi connectivity index (χ1v) is 9.36. The highest BCUT2D eigenvalue weighted by atomic mass is 35.5. The third-order valence-electron chi connectivity index (χ3n) is 5.06. The van der Waals surface area contributed by atoms with Gasteiger partial charge < -0.3 is 14.4 Å². The van der Waals surface area contributed by atoms with Gasteiger partial charge in [0.15, 0.2) is 0 Å². The zero-order valence-electron chi connectivity index (χ0n) is 14.8. The maximum Gasteiger partial charge on any atom is 0.230 e. The van der Waals surface area contributed by atoms with Crippen LogP contribution in [0.3, 0.4) is 0 Å². The summed E-state index contributed by atoms with van der Waals surface area (Å²) in [4.78, 5) is 15.2. The molecule has 1 atom stereocenters. The lowest BCUT2D eigenvalue weighted by Crippen LogP contribution is -2.41. The SMILES string of the molecule is COc1ccc(CN(C(=O)[C@@H]2COc3ccc(Cl)cc3C2)C2CC2)cc1. The molecule has 5 heteroatoms. The molecule has 4 rings (SSSR count). The fourth-order valence-electron chi connectivity index (χ4n) is 3.46. The van der Waals surface area contributed by atoms with E-state index in [2.05, 4.69) is 0 Å². The quantitative estimate of drug-likeness (QED) is 0.794. The molecular formula is C21H22ClNO3. The summed E-state index contributed by atoms with van der Waals surface area (Å²) in [7, 11) is 1.65. The molecule has 2 aromatic rings. The van der Waals surface area contributed by atoms with Crippen molar-refractivity contribution in [2.45, 2.75) is 31.8 Å². The summed E-state index contributed by atoms with van der Waals surface area (Å²) in [6.45, 7) is 1.06.